The molecule has 104 valence electrons. The molecule has 1 aromatic heterocycles. The molecule has 1 aromatic rings. The van der Waals surface area contributed by atoms with Crippen LogP contribution in [0.15, 0.2) is 12.1 Å². The lowest BCUT2D eigenvalue weighted by molar-refractivity contribution is -0.118. The van der Waals surface area contributed by atoms with E-state index in [0.29, 0.717) is 17.9 Å². The second-order valence-electron chi connectivity index (χ2n) is 4.14. The molecule has 0 radical (unpaired) electrons. The molecule has 1 rings (SSSR count). The second-order valence-corrected chi connectivity index (χ2v) is 4.53. The molecule has 0 fully saturated rings. The number of nitrogens with two attached hydrogens (primary N) is 1. The minimum absolute atomic E-state index is 0.0879. The van der Waals surface area contributed by atoms with Crippen LogP contribution in [0.5, 0.6) is 0 Å². The maximum Gasteiger partial charge on any atom is 0.251 e. The second kappa shape index (κ2) is 6.94. The van der Waals surface area contributed by atoms with Crippen molar-refractivity contribution in [2.45, 2.75) is 26.3 Å². The van der Waals surface area contributed by atoms with Crippen LogP contribution in [-0.2, 0) is 4.79 Å². The third-order valence-corrected chi connectivity index (χ3v) is 2.49. The molecule has 0 aliphatic heterocycles. The number of halogens is 1. The Balaban J connectivity index is 2.78. The van der Waals surface area contributed by atoms with Gasteiger partial charge < -0.3 is 16.4 Å². The highest BCUT2D eigenvalue weighted by molar-refractivity contribution is 6.29. The molecule has 1 atom stereocenters. The van der Waals surface area contributed by atoms with E-state index in [-0.39, 0.29) is 23.5 Å². The van der Waals surface area contributed by atoms with Crippen LogP contribution in [0.3, 0.4) is 0 Å². The molecular formula is C12H17ClN4O2. The molecule has 19 heavy (non-hydrogen) atoms. The van der Waals surface area contributed by atoms with Gasteiger partial charge in [-0.2, -0.15) is 0 Å². The standard InChI is InChI=1S/C12H17ClN4O2/c1-3-15-11-6-8(5-9(13)17-11)12(19)16-7(2)4-10(14)18/h5-7H,3-4H2,1-2H3,(H2,14,18)(H,15,17)(H,16,19). The number of nitrogens with zero attached hydrogens (tertiary/aromatic N) is 1. The minimum atomic E-state index is -0.464. The Morgan fingerprint density at radius 3 is 2.74 bits per heavy atom. The van der Waals surface area contributed by atoms with Gasteiger partial charge in [0.15, 0.2) is 0 Å². The van der Waals surface area contributed by atoms with Crippen molar-refractivity contribution in [3.8, 4) is 0 Å². The number of carbonyl (C=O) groups is 2. The average Bonchev–Trinajstić information content (AvgIpc) is 2.27. The Morgan fingerprint density at radius 2 is 2.16 bits per heavy atom. The van der Waals surface area contributed by atoms with Gasteiger partial charge in [-0.3, -0.25) is 9.59 Å². The fraction of sp³-hybridized carbons (Fsp3) is 0.417. The largest absolute Gasteiger partial charge is 0.370 e. The average molecular weight is 285 g/mol. The monoisotopic (exact) mass is 284 g/mol. The predicted molar refractivity (Wildman–Crippen MR) is 74.2 cm³/mol. The number of nitrogens with one attached hydrogen (secondary N) is 2. The first kappa shape index (κ1) is 15.2. The fourth-order valence-electron chi connectivity index (χ4n) is 1.56. The molecule has 1 heterocycles. The molecule has 7 heteroatoms. The number of rotatable bonds is 6. The van der Waals surface area contributed by atoms with Crippen LogP contribution in [0, 0.1) is 0 Å². The molecule has 1 unspecified atom stereocenters. The zero-order valence-corrected chi connectivity index (χ0v) is 11.6. The summed E-state index contributed by atoms with van der Waals surface area (Å²) in [5, 5.41) is 5.88. The quantitative estimate of drug-likeness (QED) is 0.683. The van der Waals surface area contributed by atoms with Crippen LogP contribution in [0.4, 0.5) is 5.82 Å². The Morgan fingerprint density at radius 1 is 1.47 bits per heavy atom. The third kappa shape index (κ3) is 5.13. The van der Waals surface area contributed by atoms with Crippen molar-refractivity contribution in [3.05, 3.63) is 22.8 Å². The van der Waals surface area contributed by atoms with Gasteiger partial charge in [0, 0.05) is 24.6 Å². The van der Waals surface area contributed by atoms with Crippen LogP contribution in [0.2, 0.25) is 5.15 Å². The van der Waals surface area contributed by atoms with E-state index in [2.05, 4.69) is 15.6 Å². The smallest absolute Gasteiger partial charge is 0.251 e. The Bertz CT molecular complexity index is 479. The van der Waals surface area contributed by atoms with E-state index in [1.54, 1.807) is 13.0 Å². The number of amides is 2. The first-order valence-electron chi connectivity index (χ1n) is 5.93. The van der Waals surface area contributed by atoms with Gasteiger partial charge in [-0.1, -0.05) is 11.6 Å². The zero-order valence-electron chi connectivity index (χ0n) is 10.9. The summed E-state index contributed by atoms with van der Waals surface area (Å²) >= 11 is 5.85. The van der Waals surface area contributed by atoms with Crippen LogP contribution >= 0.6 is 11.6 Å². The molecule has 0 aliphatic carbocycles. The summed E-state index contributed by atoms with van der Waals surface area (Å²) in [5.74, 6) is -0.256. The number of primary amides is 1. The molecule has 6 nitrogen and oxygen atoms in total. The lowest BCUT2D eigenvalue weighted by Gasteiger charge is -2.13. The first-order chi connectivity index (χ1) is 8.92. The van der Waals surface area contributed by atoms with Gasteiger partial charge in [-0.15, -0.1) is 0 Å². The highest BCUT2D eigenvalue weighted by atomic mass is 35.5. The number of hydrogen-bond acceptors (Lipinski definition) is 4. The van der Waals surface area contributed by atoms with Crippen molar-refractivity contribution in [1.29, 1.82) is 0 Å². The summed E-state index contributed by atoms with van der Waals surface area (Å²) in [6.07, 6.45) is 0.0879. The summed E-state index contributed by atoms with van der Waals surface area (Å²) in [6.45, 7) is 4.29. The van der Waals surface area contributed by atoms with Crippen molar-refractivity contribution in [2.75, 3.05) is 11.9 Å². The number of anilines is 1. The van der Waals surface area contributed by atoms with E-state index >= 15 is 0 Å². The minimum Gasteiger partial charge on any atom is -0.370 e. The van der Waals surface area contributed by atoms with Crippen LogP contribution in [0.1, 0.15) is 30.6 Å². The lowest BCUT2D eigenvalue weighted by atomic mass is 10.2. The number of aromatic nitrogens is 1. The molecule has 0 spiro atoms. The van der Waals surface area contributed by atoms with E-state index in [4.69, 9.17) is 17.3 Å². The molecular weight excluding hydrogens is 268 g/mol. The van der Waals surface area contributed by atoms with E-state index < -0.39 is 5.91 Å². The molecule has 0 bridgehead atoms. The van der Waals surface area contributed by atoms with Crippen molar-refractivity contribution in [3.63, 3.8) is 0 Å². The maximum absolute atomic E-state index is 12.0. The SMILES string of the molecule is CCNc1cc(C(=O)NC(C)CC(N)=O)cc(Cl)n1. The van der Waals surface area contributed by atoms with E-state index in [0.717, 1.165) is 0 Å². The van der Waals surface area contributed by atoms with Gasteiger partial charge in [-0.25, -0.2) is 4.98 Å². The topological polar surface area (TPSA) is 97.1 Å². The zero-order chi connectivity index (χ0) is 14.4. The van der Waals surface area contributed by atoms with Crippen molar-refractivity contribution >= 4 is 29.2 Å². The van der Waals surface area contributed by atoms with Gasteiger partial charge in [0.05, 0.1) is 0 Å². The van der Waals surface area contributed by atoms with Crippen LogP contribution < -0.4 is 16.4 Å². The van der Waals surface area contributed by atoms with E-state index in [9.17, 15) is 9.59 Å². The maximum atomic E-state index is 12.0. The van der Waals surface area contributed by atoms with Crippen molar-refractivity contribution < 1.29 is 9.59 Å². The number of hydrogen-bond donors (Lipinski definition) is 3. The number of carbonyl (C=O) groups excluding carboxylic acids is 2. The van der Waals surface area contributed by atoms with Crippen molar-refractivity contribution in [1.82, 2.24) is 10.3 Å². The van der Waals surface area contributed by atoms with Gasteiger partial charge >= 0.3 is 0 Å². The molecule has 2 amide bonds. The van der Waals surface area contributed by atoms with Crippen LogP contribution in [0.25, 0.3) is 0 Å². The number of pyridine rings is 1. The summed E-state index contributed by atoms with van der Waals surface area (Å²) in [4.78, 5) is 26.8. The summed E-state index contributed by atoms with van der Waals surface area (Å²) in [6, 6.07) is 2.73. The predicted octanol–water partition coefficient (Wildman–Crippen LogP) is 1.16. The van der Waals surface area contributed by atoms with Gasteiger partial charge in [-0.05, 0) is 26.0 Å². The van der Waals surface area contributed by atoms with E-state index in [1.165, 1.54) is 6.07 Å². The van der Waals surface area contributed by atoms with Gasteiger partial charge in [0.25, 0.3) is 5.91 Å². The molecule has 0 aromatic carbocycles. The summed E-state index contributed by atoms with van der Waals surface area (Å²) in [7, 11) is 0. The Labute approximate surface area is 116 Å². The lowest BCUT2D eigenvalue weighted by Crippen LogP contribution is -2.35. The fourth-order valence-corrected chi connectivity index (χ4v) is 1.77. The Kier molecular flexibility index (Phi) is 5.57. The molecule has 0 saturated heterocycles. The van der Waals surface area contributed by atoms with Crippen molar-refractivity contribution in [2.24, 2.45) is 5.73 Å². The molecule has 4 N–H and O–H groups in total. The Hall–Kier alpha value is -1.82. The normalized spacial score (nSPS) is 11.7. The molecule has 0 saturated carbocycles. The first-order valence-corrected chi connectivity index (χ1v) is 6.30. The van der Waals surface area contributed by atoms with Crippen LogP contribution in [-0.4, -0.2) is 29.4 Å². The van der Waals surface area contributed by atoms with Gasteiger partial charge in [0.2, 0.25) is 5.91 Å². The summed E-state index contributed by atoms with van der Waals surface area (Å²) in [5.41, 5.74) is 5.45. The van der Waals surface area contributed by atoms with Gasteiger partial charge in [0.1, 0.15) is 11.0 Å². The van der Waals surface area contributed by atoms with E-state index in [1.807, 2.05) is 6.92 Å². The molecule has 0 aliphatic rings. The highest BCUT2D eigenvalue weighted by Gasteiger charge is 2.13. The third-order valence-electron chi connectivity index (χ3n) is 2.30. The highest BCUT2D eigenvalue weighted by Crippen LogP contribution is 2.14. The summed E-state index contributed by atoms with van der Waals surface area (Å²) < 4.78 is 0.